The lowest BCUT2D eigenvalue weighted by Crippen LogP contribution is -2.39. The van der Waals surface area contributed by atoms with Gasteiger partial charge in [-0.3, -0.25) is 10.0 Å². The van der Waals surface area contributed by atoms with Crippen molar-refractivity contribution in [3.63, 3.8) is 0 Å². The van der Waals surface area contributed by atoms with Crippen molar-refractivity contribution in [2.45, 2.75) is 45.3 Å². The first-order chi connectivity index (χ1) is 15.4. The van der Waals surface area contributed by atoms with E-state index in [4.69, 9.17) is 15.2 Å². The molecule has 0 unspecified atom stereocenters. The Hall–Kier alpha value is -3.18. The zero-order valence-corrected chi connectivity index (χ0v) is 18.2. The highest BCUT2D eigenvalue weighted by atomic mass is 16.6. The number of amides is 1. The first-order valence-electron chi connectivity index (χ1n) is 10.6. The molecule has 32 heavy (non-hydrogen) atoms. The van der Waals surface area contributed by atoms with Gasteiger partial charge in [0.05, 0.1) is 17.7 Å². The van der Waals surface area contributed by atoms with Crippen molar-refractivity contribution in [2.75, 3.05) is 6.61 Å². The summed E-state index contributed by atoms with van der Waals surface area (Å²) < 4.78 is 0. The summed E-state index contributed by atoms with van der Waals surface area (Å²) in [5, 5.41) is 31.8. The number of hydroxylamine groups is 1. The van der Waals surface area contributed by atoms with Crippen LogP contribution in [-0.4, -0.2) is 39.8 Å². The minimum absolute atomic E-state index is 0.223. The van der Waals surface area contributed by atoms with Crippen LogP contribution in [0.5, 0.6) is 0 Å². The molecule has 2 aromatic carbocycles. The SMILES string of the molecule is CC[C@](C)(C[C@H]1CC(c2ccc(C#Cc3ccc([C@@H](O)CO)cc3)cc2)=NO1)C(=O)NO. The summed E-state index contributed by atoms with van der Waals surface area (Å²) >= 11 is 0. The molecule has 2 aromatic rings. The fourth-order valence-electron chi connectivity index (χ4n) is 3.53. The summed E-state index contributed by atoms with van der Waals surface area (Å²) in [6, 6.07) is 14.8. The van der Waals surface area contributed by atoms with E-state index in [1.54, 1.807) is 36.7 Å². The van der Waals surface area contributed by atoms with Gasteiger partial charge < -0.3 is 15.1 Å². The Labute approximate surface area is 187 Å². The number of rotatable bonds is 7. The van der Waals surface area contributed by atoms with Gasteiger partial charge in [0.2, 0.25) is 5.91 Å². The maximum atomic E-state index is 12.0. The average molecular weight is 437 g/mol. The Morgan fingerprint density at radius 2 is 1.78 bits per heavy atom. The van der Waals surface area contributed by atoms with E-state index in [1.807, 2.05) is 31.2 Å². The Morgan fingerprint density at radius 1 is 1.19 bits per heavy atom. The van der Waals surface area contributed by atoms with Gasteiger partial charge in [-0.15, -0.1) is 0 Å². The minimum atomic E-state index is -0.880. The highest BCUT2D eigenvalue weighted by Gasteiger charge is 2.37. The minimum Gasteiger partial charge on any atom is -0.393 e. The van der Waals surface area contributed by atoms with Crippen molar-refractivity contribution in [3.05, 3.63) is 70.8 Å². The molecule has 0 aliphatic carbocycles. The summed E-state index contributed by atoms with van der Waals surface area (Å²) in [7, 11) is 0. The fourth-order valence-corrected chi connectivity index (χ4v) is 3.53. The van der Waals surface area contributed by atoms with Crippen LogP contribution in [0.2, 0.25) is 0 Å². The summed E-state index contributed by atoms with van der Waals surface area (Å²) in [6.07, 6.45) is 0.520. The van der Waals surface area contributed by atoms with Crippen molar-refractivity contribution in [2.24, 2.45) is 10.6 Å². The number of nitrogens with one attached hydrogen (secondary N) is 1. The van der Waals surface area contributed by atoms with Crippen LogP contribution in [0.15, 0.2) is 53.7 Å². The van der Waals surface area contributed by atoms with Gasteiger partial charge in [0.15, 0.2) is 0 Å². The fraction of sp³-hybridized carbons (Fsp3) is 0.360. The molecule has 0 aromatic heterocycles. The van der Waals surface area contributed by atoms with Crippen LogP contribution in [0.25, 0.3) is 0 Å². The standard InChI is InChI=1S/C25H28N2O5/c1-3-25(2,24(30)26-31)15-21-14-22(27-32-21)19-10-6-17(7-11-19)4-5-18-8-12-20(13-9-18)23(29)16-28/h6-13,21,23,28-29,31H,3,14-16H2,1-2H3,(H,26,30)/t21-,23+,25-/m1/s1. The molecule has 0 saturated carbocycles. The van der Waals surface area contributed by atoms with E-state index in [2.05, 4.69) is 17.0 Å². The lowest BCUT2D eigenvalue weighted by Gasteiger charge is -2.27. The summed E-state index contributed by atoms with van der Waals surface area (Å²) in [5.74, 6) is 5.77. The van der Waals surface area contributed by atoms with Crippen LogP contribution in [0.3, 0.4) is 0 Å². The quantitative estimate of drug-likeness (QED) is 0.303. The largest absolute Gasteiger partial charge is 0.393 e. The van der Waals surface area contributed by atoms with E-state index in [0.29, 0.717) is 24.8 Å². The number of hydrogen-bond acceptors (Lipinski definition) is 6. The van der Waals surface area contributed by atoms with E-state index in [1.165, 1.54) is 0 Å². The Kier molecular flexibility index (Phi) is 7.65. The van der Waals surface area contributed by atoms with Crippen molar-refractivity contribution in [3.8, 4) is 11.8 Å². The second kappa shape index (κ2) is 10.4. The summed E-state index contributed by atoms with van der Waals surface area (Å²) in [6.45, 7) is 3.39. The second-order valence-electron chi connectivity index (χ2n) is 8.18. The van der Waals surface area contributed by atoms with Gasteiger partial charge >= 0.3 is 0 Å². The number of hydrogen-bond donors (Lipinski definition) is 4. The predicted molar refractivity (Wildman–Crippen MR) is 120 cm³/mol. The lowest BCUT2D eigenvalue weighted by molar-refractivity contribution is -0.141. The van der Waals surface area contributed by atoms with E-state index in [9.17, 15) is 9.90 Å². The van der Waals surface area contributed by atoms with Gasteiger partial charge in [-0.05, 0) is 41.8 Å². The topological polar surface area (TPSA) is 111 Å². The molecule has 1 heterocycles. The number of carbonyl (C=O) groups excluding carboxylic acids is 1. The molecule has 0 saturated heterocycles. The predicted octanol–water partition coefficient (Wildman–Crippen LogP) is 2.92. The number of aliphatic hydroxyl groups is 2. The Balaban J connectivity index is 1.61. The highest BCUT2D eigenvalue weighted by Crippen LogP contribution is 2.32. The molecule has 3 rings (SSSR count). The zero-order valence-electron chi connectivity index (χ0n) is 18.2. The Morgan fingerprint density at radius 3 is 2.31 bits per heavy atom. The molecule has 7 heteroatoms. The molecule has 4 N–H and O–H groups in total. The van der Waals surface area contributed by atoms with Crippen LogP contribution in [0, 0.1) is 17.3 Å². The van der Waals surface area contributed by atoms with Crippen LogP contribution in [0.4, 0.5) is 0 Å². The third kappa shape index (κ3) is 5.54. The van der Waals surface area contributed by atoms with Crippen LogP contribution in [-0.2, 0) is 9.63 Å². The highest BCUT2D eigenvalue weighted by molar-refractivity contribution is 6.01. The molecule has 0 bridgehead atoms. The van der Waals surface area contributed by atoms with Gasteiger partial charge in [-0.1, -0.05) is 55.1 Å². The van der Waals surface area contributed by atoms with Crippen LogP contribution >= 0.6 is 0 Å². The summed E-state index contributed by atoms with van der Waals surface area (Å²) in [4.78, 5) is 17.5. The van der Waals surface area contributed by atoms with Crippen molar-refractivity contribution in [1.29, 1.82) is 0 Å². The van der Waals surface area contributed by atoms with Gasteiger partial charge in [0, 0.05) is 24.0 Å². The Bertz CT molecular complexity index is 1020. The van der Waals surface area contributed by atoms with Gasteiger partial charge in [0.1, 0.15) is 12.2 Å². The van der Waals surface area contributed by atoms with Gasteiger partial charge in [-0.25, -0.2) is 5.48 Å². The number of benzene rings is 2. The molecule has 1 amide bonds. The lowest BCUT2D eigenvalue weighted by atomic mass is 9.80. The number of carbonyl (C=O) groups is 1. The van der Waals surface area contributed by atoms with Gasteiger partial charge in [0.25, 0.3) is 0 Å². The van der Waals surface area contributed by atoms with Gasteiger partial charge in [-0.2, -0.15) is 0 Å². The molecule has 0 fully saturated rings. The van der Waals surface area contributed by atoms with Crippen LogP contribution < -0.4 is 5.48 Å². The number of aliphatic hydroxyl groups excluding tert-OH is 2. The zero-order chi connectivity index (χ0) is 23.1. The van der Waals surface area contributed by atoms with Crippen molar-refractivity contribution in [1.82, 2.24) is 5.48 Å². The molecule has 0 radical (unpaired) electrons. The van der Waals surface area contributed by atoms with Crippen LogP contribution in [0.1, 0.15) is 61.5 Å². The normalized spacial score (nSPS) is 17.9. The maximum Gasteiger partial charge on any atom is 0.249 e. The molecule has 1 aliphatic rings. The third-order valence-corrected chi connectivity index (χ3v) is 5.88. The molecular formula is C25H28N2O5. The molecule has 168 valence electrons. The van der Waals surface area contributed by atoms with E-state index >= 15 is 0 Å². The van der Waals surface area contributed by atoms with E-state index in [-0.39, 0.29) is 12.7 Å². The molecular weight excluding hydrogens is 408 g/mol. The van der Waals surface area contributed by atoms with E-state index < -0.39 is 17.4 Å². The molecule has 1 aliphatic heterocycles. The molecule has 0 spiro atoms. The van der Waals surface area contributed by atoms with Crippen molar-refractivity contribution >= 4 is 11.6 Å². The van der Waals surface area contributed by atoms with Crippen molar-refractivity contribution < 1.29 is 25.1 Å². The summed E-state index contributed by atoms with van der Waals surface area (Å²) in [5.41, 5.74) is 5.08. The number of nitrogens with zero attached hydrogens (tertiary/aromatic N) is 1. The molecule has 7 nitrogen and oxygen atoms in total. The smallest absolute Gasteiger partial charge is 0.249 e. The monoisotopic (exact) mass is 436 g/mol. The molecule has 3 atom stereocenters. The second-order valence-corrected chi connectivity index (χ2v) is 8.18. The number of oxime groups is 1. The average Bonchev–Trinajstić information content (AvgIpc) is 3.30. The maximum absolute atomic E-state index is 12.0. The van der Waals surface area contributed by atoms with E-state index in [0.717, 1.165) is 22.4 Å². The first kappa shape index (κ1) is 23.5. The first-order valence-corrected chi connectivity index (χ1v) is 10.6. The third-order valence-electron chi connectivity index (χ3n) is 5.88.